The summed E-state index contributed by atoms with van der Waals surface area (Å²) in [5.74, 6) is 1.42. The molecule has 0 aliphatic rings. The van der Waals surface area contributed by atoms with Gasteiger partial charge in [-0.2, -0.15) is 5.26 Å². The van der Waals surface area contributed by atoms with Gasteiger partial charge < -0.3 is 4.74 Å². The number of hydrogen-bond acceptors (Lipinski definition) is 2. The van der Waals surface area contributed by atoms with Gasteiger partial charge in [0.1, 0.15) is 5.75 Å². The minimum absolute atomic E-state index is 0.441. The fourth-order valence-corrected chi connectivity index (χ4v) is 3.93. The largest absolute Gasteiger partial charge is 0.497 e. The third kappa shape index (κ3) is 9.02. The zero-order valence-corrected chi connectivity index (χ0v) is 18.2. The second-order valence-electron chi connectivity index (χ2n) is 7.65. The van der Waals surface area contributed by atoms with Crippen LogP contribution in [0.2, 0.25) is 0 Å². The van der Waals surface area contributed by atoms with E-state index in [1.165, 1.54) is 57.8 Å². The lowest BCUT2D eigenvalue weighted by atomic mass is 9.74. The van der Waals surface area contributed by atoms with Crippen LogP contribution in [-0.2, 0) is 5.41 Å². The van der Waals surface area contributed by atoms with Crippen LogP contribution in [0.15, 0.2) is 24.3 Å². The van der Waals surface area contributed by atoms with Gasteiger partial charge in [0.25, 0.3) is 0 Å². The van der Waals surface area contributed by atoms with E-state index in [0.717, 1.165) is 37.0 Å². The number of benzene rings is 1. The Morgan fingerprint density at radius 2 is 1.52 bits per heavy atom. The first-order chi connectivity index (χ1) is 13.2. The van der Waals surface area contributed by atoms with E-state index in [4.69, 9.17) is 16.3 Å². The summed E-state index contributed by atoms with van der Waals surface area (Å²) in [6, 6.07) is 10.6. The van der Waals surface area contributed by atoms with E-state index in [1.807, 2.05) is 18.2 Å². The number of nitrogens with zero attached hydrogens (tertiary/aromatic N) is 1. The molecule has 0 aromatic heterocycles. The van der Waals surface area contributed by atoms with E-state index in [0.29, 0.717) is 5.88 Å². The number of halogens is 1. The van der Waals surface area contributed by atoms with E-state index in [1.54, 1.807) is 7.11 Å². The van der Waals surface area contributed by atoms with Crippen molar-refractivity contribution in [2.45, 2.75) is 95.8 Å². The lowest BCUT2D eigenvalue weighted by Crippen LogP contribution is -2.24. The van der Waals surface area contributed by atoms with Gasteiger partial charge in [0.15, 0.2) is 0 Å². The van der Waals surface area contributed by atoms with Gasteiger partial charge in [-0.15, -0.1) is 11.6 Å². The molecule has 1 unspecified atom stereocenters. The molecule has 0 heterocycles. The zero-order chi connectivity index (χ0) is 19.8. The number of nitriles is 1. The van der Waals surface area contributed by atoms with E-state index >= 15 is 0 Å². The lowest BCUT2D eigenvalue weighted by Gasteiger charge is -2.27. The molecule has 0 N–H and O–H groups in total. The van der Waals surface area contributed by atoms with Gasteiger partial charge in [0.05, 0.1) is 18.6 Å². The highest BCUT2D eigenvalue weighted by atomic mass is 35.5. The summed E-state index contributed by atoms with van der Waals surface area (Å²) in [5, 5.41) is 10.0. The lowest BCUT2D eigenvalue weighted by molar-refractivity contribution is 0.405. The first-order valence-corrected chi connectivity index (χ1v) is 11.4. The van der Waals surface area contributed by atoms with Gasteiger partial charge >= 0.3 is 0 Å². The average Bonchev–Trinajstić information content (AvgIpc) is 2.72. The number of rotatable bonds is 16. The van der Waals surface area contributed by atoms with Crippen molar-refractivity contribution >= 4 is 11.6 Å². The molecule has 1 aromatic carbocycles. The average molecular weight is 392 g/mol. The van der Waals surface area contributed by atoms with E-state index < -0.39 is 5.41 Å². The Morgan fingerprint density at radius 3 is 2.07 bits per heavy atom. The molecular formula is C24H38ClNO. The summed E-state index contributed by atoms with van der Waals surface area (Å²) in [6.45, 7) is 2.26. The molecular weight excluding hydrogens is 354 g/mol. The highest BCUT2D eigenvalue weighted by Gasteiger charge is 2.31. The second-order valence-corrected chi connectivity index (χ2v) is 8.03. The number of hydrogen-bond donors (Lipinski definition) is 0. The Morgan fingerprint density at radius 1 is 0.926 bits per heavy atom. The predicted molar refractivity (Wildman–Crippen MR) is 117 cm³/mol. The summed E-state index contributed by atoms with van der Waals surface area (Å²) in [4.78, 5) is 0. The Labute approximate surface area is 172 Å². The second kappa shape index (κ2) is 14.8. The molecule has 1 rings (SSSR count). The topological polar surface area (TPSA) is 33.0 Å². The van der Waals surface area contributed by atoms with Crippen molar-refractivity contribution in [3.63, 3.8) is 0 Å². The predicted octanol–water partition coefficient (Wildman–Crippen LogP) is 7.79. The van der Waals surface area contributed by atoms with Crippen molar-refractivity contribution < 1.29 is 4.74 Å². The molecule has 0 bridgehead atoms. The van der Waals surface area contributed by atoms with Gasteiger partial charge in [-0.05, 0) is 37.0 Å². The van der Waals surface area contributed by atoms with Crippen molar-refractivity contribution in [2.24, 2.45) is 0 Å². The van der Waals surface area contributed by atoms with E-state index in [9.17, 15) is 5.26 Å². The van der Waals surface area contributed by atoms with Crippen molar-refractivity contribution in [3.8, 4) is 11.8 Å². The third-order valence-corrected chi connectivity index (χ3v) is 5.80. The highest BCUT2D eigenvalue weighted by molar-refractivity contribution is 6.17. The van der Waals surface area contributed by atoms with Crippen LogP contribution >= 0.6 is 11.6 Å². The molecule has 0 fully saturated rings. The summed E-state index contributed by atoms with van der Waals surface area (Å²) < 4.78 is 5.37. The molecule has 0 amide bonds. The maximum atomic E-state index is 10.0. The first kappa shape index (κ1) is 23.8. The van der Waals surface area contributed by atoms with Gasteiger partial charge in [-0.3, -0.25) is 0 Å². The maximum absolute atomic E-state index is 10.0. The van der Waals surface area contributed by atoms with E-state index in [2.05, 4.69) is 19.1 Å². The summed E-state index contributed by atoms with van der Waals surface area (Å²) in [5.41, 5.74) is 0.634. The molecule has 0 saturated heterocycles. The van der Waals surface area contributed by atoms with Crippen molar-refractivity contribution in [3.05, 3.63) is 29.8 Å². The van der Waals surface area contributed by atoms with Crippen LogP contribution in [0.4, 0.5) is 0 Å². The Kier molecular flexibility index (Phi) is 13.1. The van der Waals surface area contributed by atoms with Crippen LogP contribution in [0.25, 0.3) is 0 Å². The Balaban J connectivity index is 2.47. The third-order valence-electron chi connectivity index (χ3n) is 5.53. The number of alkyl halides is 1. The van der Waals surface area contributed by atoms with Gasteiger partial charge in [-0.25, -0.2) is 0 Å². The maximum Gasteiger partial charge on any atom is 0.119 e. The van der Waals surface area contributed by atoms with Crippen LogP contribution in [-0.4, -0.2) is 13.0 Å². The van der Waals surface area contributed by atoms with Crippen LogP contribution < -0.4 is 4.74 Å². The molecule has 27 heavy (non-hydrogen) atoms. The smallest absolute Gasteiger partial charge is 0.119 e. The van der Waals surface area contributed by atoms with E-state index in [-0.39, 0.29) is 0 Å². The van der Waals surface area contributed by atoms with Crippen molar-refractivity contribution in [1.29, 1.82) is 5.26 Å². The van der Waals surface area contributed by atoms with Crippen molar-refractivity contribution in [2.75, 3.05) is 13.0 Å². The number of methoxy groups -OCH3 is 1. The zero-order valence-electron chi connectivity index (χ0n) is 17.4. The van der Waals surface area contributed by atoms with Crippen LogP contribution in [0.1, 0.15) is 96.0 Å². The standard InChI is InChI=1S/C24H38ClNO/c1-3-4-5-6-7-8-9-10-11-12-17-24(21-26,18-14-19-25)22-15-13-16-23(20-22)27-2/h13,15-16,20H,3-12,14,17-19H2,1-2H3. The molecule has 0 spiro atoms. The highest BCUT2D eigenvalue weighted by Crippen LogP contribution is 2.36. The SMILES string of the molecule is CCCCCCCCCCCCC(C#N)(CCCCl)c1cccc(OC)c1. The minimum Gasteiger partial charge on any atom is -0.497 e. The molecule has 0 aliphatic heterocycles. The first-order valence-electron chi connectivity index (χ1n) is 10.8. The molecule has 1 atom stereocenters. The minimum atomic E-state index is -0.441. The Bertz CT molecular complexity index is 539. The summed E-state index contributed by atoms with van der Waals surface area (Å²) in [7, 11) is 1.67. The summed E-state index contributed by atoms with van der Waals surface area (Å²) >= 11 is 5.94. The van der Waals surface area contributed by atoms with Crippen LogP contribution in [0.5, 0.6) is 5.75 Å². The molecule has 2 nitrogen and oxygen atoms in total. The van der Waals surface area contributed by atoms with Gasteiger partial charge in [0.2, 0.25) is 0 Å². The monoisotopic (exact) mass is 391 g/mol. The molecule has 1 aromatic rings. The van der Waals surface area contributed by atoms with Crippen LogP contribution in [0, 0.1) is 11.3 Å². The number of unbranched alkanes of at least 4 members (excludes halogenated alkanes) is 9. The molecule has 0 aliphatic carbocycles. The molecule has 0 saturated carbocycles. The van der Waals surface area contributed by atoms with Gasteiger partial charge in [-0.1, -0.05) is 83.3 Å². The fourth-order valence-electron chi connectivity index (χ4n) is 3.79. The van der Waals surface area contributed by atoms with Crippen LogP contribution in [0.3, 0.4) is 0 Å². The fraction of sp³-hybridized carbons (Fsp3) is 0.708. The summed E-state index contributed by atoms with van der Waals surface area (Å²) in [6.07, 6.45) is 15.7. The number of ether oxygens (including phenoxy) is 1. The molecule has 0 radical (unpaired) electrons. The van der Waals surface area contributed by atoms with Crippen molar-refractivity contribution in [1.82, 2.24) is 0 Å². The molecule has 152 valence electrons. The quantitative estimate of drug-likeness (QED) is 0.213. The van der Waals surface area contributed by atoms with Gasteiger partial charge in [0, 0.05) is 5.88 Å². The Hall–Kier alpha value is -1.20. The normalized spacial score (nSPS) is 13.1. The molecule has 3 heteroatoms.